The first-order chi connectivity index (χ1) is 10.1. The van der Waals surface area contributed by atoms with Crippen molar-refractivity contribution in [3.05, 3.63) is 0 Å². The topological polar surface area (TPSA) is 80.3 Å². The lowest BCUT2D eigenvalue weighted by molar-refractivity contribution is 0.491. The van der Waals surface area contributed by atoms with Crippen molar-refractivity contribution < 1.29 is 38.5 Å². The summed E-state index contributed by atoms with van der Waals surface area (Å²) in [6.07, 6.45) is 2.66. The molecule has 11 heteroatoms. The van der Waals surface area contributed by atoms with Crippen molar-refractivity contribution >= 4 is 22.9 Å². The molecule has 22 heavy (non-hydrogen) atoms. The second-order valence-electron chi connectivity index (χ2n) is 2.84. The van der Waals surface area contributed by atoms with E-state index >= 15 is 0 Å². The molecule has 0 saturated carbocycles. The molecule has 0 saturated heterocycles. The van der Waals surface area contributed by atoms with E-state index in [-0.39, 0.29) is 13.3 Å². The minimum Gasteiger partial charge on any atom is -0.746 e. The summed E-state index contributed by atoms with van der Waals surface area (Å²) in [6.45, 7) is 9.16. The van der Waals surface area contributed by atoms with Gasteiger partial charge < -0.3 is 9.11 Å². The minimum absolute atomic E-state index is 0.250. The number of alkyl halides is 3. The van der Waals surface area contributed by atoms with Crippen molar-refractivity contribution in [1.29, 1.82) is 0 Å². The van der Waals surface area contributed by atoms with Crippen LogP contribution in [0.4, 0.5) is 20.9 Å². The fourth-order valence-electron chi connectivity index (χ4n) is 0.289. The van der Waals surface area contributed by atoms with Crippen LogP contribution in [0.5, 0.6) is 0 Å². The van der Waals surface area contributed by atoms with Gasteiger partial charge in [0, 0.05) is 0 Å². The first kappa shape index (κ1) is 37.8. The molecule has 2 atom stereocenters. The Morgan fingerprint density at radius 3 is 0.909 bits per heavy atom. The van der Waals surface area contributed by atoms with Crippen molar-refractivity contribution in [3.63, 3.8) is 0 Å². The Labute approximate surface area is 136 Å². The molecule has 144 valence electrons. The van der Waals surface area contributed by atoms with Crippen LogP contribution in [0.3, 0.4) is 0 Å². The molecule has 0 aliphatic rings. The normalized spacial score (nSPS) is 10.3. The van der Waals surface area contributed by atoms with Crippen LogP contribution in [-0.2, 0) is 22.9 Å². The molecule has 0 aromatic carbocycles. The van der Waals surface area contributed by atoms with Gasteiger partial charge >= 0.3 is 0 Å². The fraction of sp³-hybridized carbons (Fsp3) is 1.00. The molecule has 0 spiro atoms. The van der Waals surface area contributed by atoms with Crippen LogP contribution in [0.25, 0.3) is 0 Å². The lowest BCUT2D eigenvalue weighted by Gasteiger charge is -1.98. The van der Waals surface area contributed by atoms with E-state index in [1.165, 1.54) is 26.7 Å². The molecule has 0 amide bonds. The Kier molecular flexibility index (Phi) is 85.5. The standard InChI is InChI=1S/C6H14.2C2H5F.CH3F.2FHO2S/c1-4-6(3)5-2;2*1-2-3;1-2;2*1-4(2)3/h6H,4-5H2,1-3H3;2*2H2,1H3;1H3;2*(H,2,3)/p-2. The predicted octanol–water partition coefficient (Wildman–Crippen LogP) is 4.48. The lowest BCUT2D eigenvalue weighted by Crippen LogP contribution is -1.85. The number of hydrogen-bond donors (Lipinski definition) is 0. The highest BCUT2D eigenvalue weighted by atomic mass is 32.2. The zero-order valence-corrected chi connectivity index (χ0v) is 15.4. The first-order valence-corrected chi connectivity index (χ1v) is 8.06. The van der Waals surface area contributed by atoms with E-state index in [2.05, 4.69) is 20.8 Å². The van der Waals surface area contributed by atoms with Crippen LogP contribution in [0.1, 0.15) is 47.5 Å². The van der Waals surface area contributed by atoms with Gasteiger partial charge in [0.1, 0.15) is 22.9 Å². The predicted molar refractivity (Wildman–Crippen MR) is 80.1 cm³/mol. The molecule has 0 aromatic rings. The summed E-state index contributed by atoms with van der Waals surface area (Å²) in [5, 5.41) is 0. The molecule has 0 rings (SSSR count). The molecule has 2 unspecified atom stereocenters. The van der Waals surface area contributed by atoms with Crippen LogP contribution in [0.2, 0.25) is 0 Å². The van der Waals surface area contributed by atoms with Crippen LogP contribution in [0, 0.1) is 5.92 Å². The van der Waals surface area contributed by atoms with E-state index in [9.17, 15) is 20.9 Å². The third-order valence-electron chi connectivity index (χ3n) is 1.39. The fourth-order valence-corrected chi connectivity index (χ4v) is 0.289. The van der Waals surface area contributed by atoms with Crippen molar-refractivity contribution in [2.75, 3.05) is 20.5 Å². The van der Waals surface area contributed by atoms with Gasteiger partial charge in [0.05, 0.1) is 20.5 Å². The van der Waals surface area contributed by atoms with Gasteiger partial charge in [-0.3, -0.25) is 13.2 Å². The molecule has 4 nitrogen and oxygen atoms in total. The van der Waals surface area contributed by atoms with Gasteiger partial charge in [0.15, 0.2) is 0 Å². The third-order valence-corrected chi connectivity index (χ3v) is 1.39. The highest BCUT2D eigenvalue weighted by molar-refractivity contribution is 7.73. The number of rotatable bonds is 2. The van der Waals surface area contributed by atoms with Gasteiger partial charge in [-0.15, -0.1) is 7.77 Å². The van der Waals surface area contributed by atoms with Gasteiger partial charge in [0.25, 0.3) is 0 Å². The maximum absolute atomic E-state index is 10.3. The van der Waals surface area contributed by atoms with Gasteiger partial charge in [-0.2, -0.15) is 0 Å². The first-order valence-electron chi connectivity index (χ1n) is 6.11. The Bertz CT molecular complexity index is 166. The smallest absolute Gasteiger partial charge is 0.132 e. The van der Waals surface area contributed by atoms with E-state index in [0.29, 0.717) is 7.18 Å². The van der Waals surface area contributed by atoms with Crippen LogP contribution < -0.4 is 0 Å². The van der Waals surface area contributed by atoms with Gasteiger partial charge in [-0.05, 0) is 19.8 Å². The average molecular weight is 382 g/mol. The maximum Gasteiger partial charge on any atom is 0.132 e. The quantitative estimate of drug-likeness (QED) is 0.401. The summed E-state index contributed by atoms with van der Waals surface area (Å²) in [5.74, 6) is 0.935. The molecular formula is C11H27F5O4S2-2. The summed E-state index contributed by atoms with van der Waals surface area (Å²) in [4.78, 5) is 0. The summed E-state index contributed by atoms with van der Waals surface area (Å²) < 4.78 is 83.2. The Hall–Kier alpha value is -0.130. The summed E-state index contributed by atoms with van der Waals surface area (Å²) in [5.41, 5.74) is 0. The molecule has 0 aliphatic heterocycles. The van der Waals surface area contributed by atoms with Crippen molar-refractivity contribution in [1.82, 2.24) is 0 Å². The molecule has 0 fully saturated rings. The molecule has 0 aromatic heterocycles. The summed E-state index contributed by atoms with van der Waals surface area (Å²) in [6, 6.07) is 0. The van der Waals surface area contributed by atoms with Gasteiger partial charge in [-0.1, -0.05) is 33.6 Å². The third kappa shape index (κ3) is 472. The Morgan fingerprint density at radius 1 is 0.818 bits per heavy atom. The van der Waals surface area contributed by atoms with Crippen LogP contribution in [-0.4, -0.2) is 38.0 Å². The van der Waals surface area contributed by atoms with Gasteiger partial charge in [-0.25, -0.2) is 8.42 Å². The van der Waals surface area contributed by atoms with E-state index in [4.69, 9.17) is 17.5 Å². The number of halogens is 5. The lowest BCUT2D eigenvalue weighted by atomic mass is 10.1. The largest absolute Gasteiger partial charge is 0.746 e. The van der Waals surface area contributed by atoms with Crippen LogP contribution in [0.15, 0.2) is 0 Å². The minimum atomic E-state index is -3.36. The van der Waals surface area contributed by atoms with Gasteiger partial charge in [0.2, 0.25) is 0 Å². The second kappa shape index (κ2) is 49.7. The van der Waals surface area contributed by atoms with E-state index in [1.807, 2.05) is 0 Å². The van der Waals surface area contributed by atoms with Crippen LogP contribution >= 0.6 is 0 Å². The molecular weight excluding hydrogens is 355 g/mol. The van der Waals surface area contributed by atoms with E-state index in [1.54, 1.807) is 0 Å². The Morgan fingerprint density at radius 2 is 0.909 bits per heavy atom. The monoisotopic (exact) mass is 382 g/mol. The second-order valence-corrected chi connectivity index (χ2v) is 3.62. The van der Waals surface area contributed by atoms with Crippen molar-refractivity contribution in [2.24, 2.45) is 5.92 Å². The highest BCUT2D eigenvalue weighted by Gasteiger charge is 1.88. The molecule has 0 heterocycles. The molecule has 0 bridgehead atoms. The maximum atomic E-state index is 10.3. The van der Waals surface area contributed by atoms with Crippen molar-refractivity contribution in [2.45, 2.75) is 47.5 Å². The molecule has 0 radical (unpaired) electrons. The van der Waals surface area contributed by atoms with Crippen molar-refractivity contribution in [3.8, 4) is 0 Å². The summed E-state index contributed by atoms with van der Waals surface area (Å²) >= 11 is -6.72. The van der Waals surface area contributed by atoms with E-state index in [0.717, 1.165) is 5.92 Å². The SMILES string of the molecule is CCC(C)CC.CCF.CCF.CF.O=S([O-])F.O=S([O-])F. The summed E-state index contributed by atoms with van der Waals surface area (Å²) in [7, 11) is 0.500. The molecule has 0 aliphatic carbocycles. The highest BCUT2D eigenvalue weighted by Crippen LogP contribution is 2.02. The number of hydrogen-bond acceptors (Lipinski definition) is 4. The molecule has 0 N–H and O–H groups in total. The average Bonchev–Trinajstić information content (AvgIpc) is 2.40. The zero-order valence-electron chi connectivity index (χ0n) is 13.7. The Balaban J connectivity index is -0.0000000363. The van der Waals surface area contributed by atoms with E-state index < -0.39 is 22.9 Å². The zero-order chi connectivity index (χ0) is 19.6.